The highest BCUT2D eigenvalue weighted by molar-refractivity contribution is 5.87. The molecule has 1 aliphatic rings. The van der Waals surface area contributed by atoms with Crippen molar-refractivity contribution in [1.29, 1.82) is 0 Å². The lowest BCUT2D eigenvalue weighted by Gasteiger charge is -2.35. The fourth-order valence-corrected chi connectivity index (χ4v) is 4.57. The lowest BCUT2D eigenvalue weighted by Crippen LogP contribution is -2.40. The molecule has 5 nitrogen and oxygen atoms in total. The molecule has 1 aliphatic carbocycles. The van der Waals surface area contributed by atoms with E-state index < -0.39 is 0 Å². The van der Waals surface area contributed by atoms with Crippen LogP contribution < -0.4 is 9.64 Å². The van der Waals surface area contributed by atoms with E-state index in [-0.39, 0.29) is 6.09 Å². The van der Waals surface area contributed by atoms with Crippen LogP contribution in [-0.2, 0) is 24.1 Å². The van der Waals surface area contributed by atoms with Gasteiger partial charge in [-0.1, -0.05) is 32.0 Å². The summed E-state index contributed by atoms with van der Waals surface area (Å²) in [6.07, 6.45) is 5.47. The number of hydrogen-bond donors (Lipinski definition) is 0. The minimum absolute atomic E-state index is 0.363. The summed E-state index contributed by atoms with van der Waals surface area (Å²) in [6, 6.07) is 14.8. The molecule has 0 radical (unpaired) electrons. The molecule has 2 aromatic rings. The van der Waals surface area contributed by atoms with E-state index >= 15 is 0 Å². The fraction of sp³-hybridized carbons (Fsp3) is 0.500. The molecular weight excluding hydrogens is 388 g/mol. The van der Waals surface area contributed by atoms with Crippen LogP contribution in [0.5, 0.6) is 5.75 Å². The van der Waals surface area contributed by atoms with Crippen molar-refractivity contribution in [3.63, 3.8) is 0 Å². The van der Waals surface area contributed by atoms with Crippen LogP contribution in [0.2, 0.25) is 0 Å². The van der Waals surface area contributed by atoms with Gasteiger partial charge in [0, 0.05) is 11.7 Å². The average molecular weight is 425 g/mol. The number of nitrogens with zero attached hydrogens (tertiary/aromatic N) is 2. The molecule has 0 fully saturated rings. The molecule has 0 N–H and O–H groups in total. The first kappa shape index (κ1) is 23.1. The zero-order valence-electron chi connectivity index (χ0n) is 19.4. The summed E-state index contributed by atoms with van der Waals surface area (Å²) in [5.41, 5.74) is 4.78. The van der Waals surface area contributed by atoms with Crippen molar-refractivity contribution in [2.24, 2.45) is 0 Å². The molecule has 0 aromatic heterocycles. The second-order valence-corrected chi connectivity index (χ2v) is 8.29. The lowest BCUT2D eigenvalue weighted by molar-refractivity contribution is 0.178. The number of fused-ring (bicyclic) bond motifs is 1. The van der Waals surface area contributed by atoms with Crippen LogP contribution in [0, 0.1) is 0 Å². The van der Waals surface area contributed by atoms with Crippen LogP contribution in [0.1, 0.15) is 49.8 Å². The smallest absolute Gasteiger partial charge is 0.414 e. The van der Waals surface area contributed by atoms with Gasteiger partial charge >= 0.3 is 6.09 Å². The molecule has 0 spiro atoms. The summed E-state index contributed by atoms with van der Waals surface area (Å²) in [7, 11) is 3.05. The minimum atomic E-state index is -0.363. The van der Waals surface area contributed by atoms with E-state index in [2.05, 4.69) is 36.9 Å². The number of aryl methyl sites for hydroxylation is 1. The van der Waals surface area contributed by atoms with Gasteiger partial charge in [-0.2, -0.15) is 0 Å². The number of ether oxygens (including phenoxy) is 2. The van der Waals surface area contributed by atoms with Crippen molar-refractivity contribution in [2.75, 3.05) is 32.2 Å². The quantitative estimate of drug-likeness (QED) is 0.537. The van der Waals surface area contributed by atoms with Gasteiger partial charge in [-0.25, -0.2) is 4.79 Å². The SMILES string of the molecule is CCCN(CCC)C1CCc2cc(CN(C(=O)OC)c3ccc(OC)cc3)ccc2C1. The largest absolute Gasteiger partial charge is 0.497 e. The van der Waals surface area contributed by atoms with Crippen LogP contribution in [-0.4, -0.2) is 44.3 Å². The van der Waals surface area contributed by atoms with E-state index in [9.17, 15) is 4.79 Å². The average Bonchev–Trinajstić information content (AvgIpc) is 2.81. The highest BCUT2D eigenvalue weighted by Crippen LogP contribution is 2.28. The van der Waals surface area contributed by atoms with Gasteiger partial charge in [0.1, 0.15) is 5.75 Å². The summed E-state index contributed by atoms with van der Waals surface area (Å²) in [6.45, 7) is 7.38. The number of carbonyl (C=O) groups excluding carboxylic acids is 1. The third-order valence-electron chi connectivity index (χ3n) is 6.13. The van der Waals surface area contributed by atoms with Crippen molar-refractivity contribution < 1.29 is 14.3 Å². The van der Waals surface area contributed by atoms with Gasteiger partial charge in [-0.15, -0.1) is 0 Å². The number of methoxy groups -OCH3 is 2. The zero-order chi connectivity index (χ0) is 22.2. The Morgan fingerprint density at radius 1 is 1.00 bits per heavy atom. The maximum absolute atomic E-state index is 12.5. The molecule has 1 unspecified atom stereocenters. The normalized spacial score (nSPS) is 15.5. The van der Waals surface area contributed by atoms with E-state index in [1.165, 1.54) is 50.6 Å². The van der Waals surface area contributed by atoms with Gasteiger partial charge in [0.25, 0.3) is 0 Å². The van der Waals surface area contributed by atoms with Crippen molar-refractivity contribution >= 4 is 11.8 Å². The number of carbonyl (C=O) groups is 1. The number of amides is 1. The molecular formula is C26H36N2O3. The Kier molecular flexibility index (Phi) is 8.35. The summed E-state index contributed by atoms with van der Waals surface area (Å²) in [4.78, 5) is 16.8. The molecule has 0 heterocycles. The third kappa shape index (κ3) is 5.79. The highest BCUT2D eigenvalue weighted by atomic mass is 16.5. The van der Waals surface area contributed by atoms with E-state index in [0.717, 1.165) is 29.8 Å². The van der Waals surface area contributed by atoms with Gasteiger partial charge in [-0.05, 0) is 86.1 Å². The molecule has 1 atom stereocenters. The second kappa shape index (κ2) is 11.2. The third-order valence-corrected chi connectivity index (χ3v) is 6.13. The lowest BCUT2D eigenvalue weighted by atomic mass is 9.86. The molecule has 0 bridgehead atoms. The van der Waals surface area contributed by atoms with Crippen molar-refractivity contribution in [2.45, 2.75) is 58.5 Å². The molecule has 3 rings (SSSR count). The Labute approximate surface area is 187 Å². The molecule has 5 heteroatoms. The van der Waals surface area contributed by atoms with Crippen molar-refractivity contribution in [1.82, 2.24) is 4.90 Å². The molecule has 0 saturated heterocycles. The van der Waals surface area contributed by atoms with Gasteiger partial charge in [0.15, 0.2) is 0 Å². The predicted octanol–water partition coefficient (Wildman–Crippen LogP) is 5.45. The van der Waals surface area contributed by atoms with Gasteiger partial charge in [-0.3, -0.25) is 4.90 Å². The van der Waals surface area contributed by atoms with Crippen molar-refractivity contribution in [3.05, 3.63) is 59.2 Å². The molecule has 0 aliphatic heterocycles. The molecule has 168 valence electrons. The Morgan fingerprint density at radius 2 is 1.71 bits per heavy atom. The first-order chi connectivity index (χ1) is 15.1. The summed E-state index contributed by atoms with van der Waals surface area (Å²) >= 11 is 0. The zero-order valence-corrected chi connectivity index (χ0v) is 19.4. The molecule has 0 saturated carbocycles. The maximum Gasteiger partial charge on any atom is 0.414 e. The van der Waals surface area contributed by atoms with Crippen molar-refractivity contribution in [3.8, 4) is 5.75 Å². The van der Waals surface area contributed by atoms with Crippen LogP contribution in [0.3, 0.4) is 0 Å². The molecule has 31 heavy (non-hydrogen) atoms. The highest BCUT2D eigenvalue weighted by Gasteiger charge is 2.24. The summed E-state index contributed by atoms with van der Waals surface area (Å²) < 4.78 is 10.3. The summed E-state index contributed by atoms with van der Waals surface area (Å²) in [5, 5.41) is 0. The Morgan fingerprint density at radius 3 is 2.32 bits per heavy atom. The topological polar surface area (TPSA) is 42.0 Å². The minimum Gasteiger partial charge on any atom is -0.497 e. The molecule has 2 aromatic carbocycles. The van der Waals surface area contributed by atoms with Crippen LogP contribution >= 0.6 is 0 Å². The Bertz CT molecular complexity index is 844. The second-order valence-electron chi connectivity index (χ2n) is 8.29. The first-order valence-corrected chi connectivity index (χ1v) is 11.4. The van der Waals surface area contributed by atoms with Gasteiger partial charge in [0.05, 0.1) is 20.8 Å². The van der Waals surface area contributed by atoms with Crippen LogP contribution in [0.4, 0.5) is 10.5 Å². The van der Waals surface area contributed by atoms with E-state index in [0.29, 0.717) is 12.6 Å². The van der Waals surface area contributed by atoms with Crippen LogP contribution in [0.25, 0.3) is 0 Å². The summed E-state index contributed by atoms with van der Waals surface area (Å²) in [5.74, 6) is 0.761. The van der Waals surface area contributed by atoms with Crippen LogP contribution in [0.15, 0.2) is 42.5 Å². The Balaban J connectivity index is 1.75. The van der Waals surface area contributed by atoms with Gasteiger partial charge in [0.2, 0.25) is 0 Å². The first-order valence-electron chi connectivity index (χ1n) is 11.4. The number of anilines is 1. The van der Waals surface area contributed by atoms with E-state index in [4.69, 9.17) is 9.47 Å². The Hall–Kier alpha value is -2.53. The number of benzene rings is 2. The number of hydrogen-bond acceptors (Lipinski definition) is 4. The molecule has 1 amide bonds. The predicted molar refractivity (Wildman–Crippen MR) is 126 cm³/mol. The van der Waals surface area contributed by atoms with E-state index in [1.54, 1.807) is 12.0 Å². The maximum atomic E-state index is 12.5. The monoisotopic (exact) mass is 424 g/mol. The fourth-order valence-electron chi connectivity index (χ4n) is 4.57. The number of rotatable bonds is 9. The standard InChI is InChI=1S/C26H36N2O3/c1-5-15-27(16-6-2)24-10-9-21-17-20(7-8-22(21)18-24)19-28(26(29)31-4)23-11-13-25(30-3)14-12-23/h7-8,11-14,17,24H,5-6,9-10,15-16,18-19H2,1-4H3. The van der Waals surface area contributed by atoms with E-state index in [1.807, 2.05) is 24.3 Å². The van der Waals surface area contributed by atoms with Gasteiger partial charge < -0.3 is 14.4 Å².